The third kappa shape index (κ3) is 4.23. The summed E-state index contributed by atoms with van der Waals surface area (Å²) >= 11 is 0. The summed E-state index contributed by atoms with van der Waals surface area (Å²) in [5.41, 5.74) is 0.151. The number of hydrogen-bond acceptors (Lipinski definition) is 2. The third-order valence-electron chi connectivity index (χ3n) is 2.46. The summed E-state index contributed by atoms with van der Waals surface area (Å²) in [4.78, 5) is 0. The van der Waals surface area contributed by atoms with Crippen molar-refractivity contribution >= 4 is 0 Å². The molecular formula is C14H24O2. The van der Waals surface area contributed by atoms with E-state index in [0.717, 1.165) is 11.3 Å². The van der Waals surface area contributed by atoms with Crippen LogP contribution in [0.3, 0.4) is 0 Å². The topological polar surface area (TPSA) is 29.5 Å². The first-order chi connectivity index (χ1) is 7.60. The van der Waals surface area contributed by atoms with Gasteiger partial charge in [-0.3, -0.25) is 0 Å². The maximum absolute atomic E-state index is 10.0. The summed E-state index contributed by atoms with van der Waals surface area (Å²) < 4.78 is 5.38. The molecule has 1 aromatic carbocycles. The van der Waals surface area contributed by atoms with Crippen molar-refractivity contribution in [1.82, 2.24) is 0 Å². The Balaban J connectivity index is 0.00000106. The minimum absolute atomic E-state index is 0.651. The summed E-state index contributed by atoms with van der Waals surface area (Å²) in [5, 5.41) is 10.0. The van der Waals surface area contributed by atoms with Crippen LogP contribution in [0.25, 0.3) is 0 Å². The monoisotopic (exact) mass is 224 g/mol. The van der Waals surface area contributed by atoms with E-state index in [1.54, 1.807) is 0 Å². The van der Waals surface area contributed by atoms with Crippen LogP contribution in [-0.4, -0.2) is 11.7 Å². The van der Waals surface area contributed by atoms with Crippen molar-refractivity contribution < 1.29 is 9.84 Å². The van der Waals surface area contributed by atoms with Gasteiger partial charge in [0.15, 0.2) is 0 Å². The van der Waals surface area contributed by atoms with Gasteiger partial charge in [0.05, 0.1) is 12.2 Å². The summed E-state index contributed by atoms with van der Waals surface area (Å²) in [5.74, 6) is 0.818. The Kier molecular flexibility index (Phi) is 6.82. The van der Waals surface area contributed by atoms with Crippen molar-refractivity contribution in [2.24, 2.45) is 0 Å². The zero-order chi connectivity index (χ0) is 12.6. The number of ether oxygens (including phenoxy) is 1. The Bertz CT molecular complexity index is 293. The minimum atomic E-state index is -0.757. The molecule has 1 unspecified atom stereocenters. The van der Waals surface area contributed by atoms with Gasteiger partial charge in [0.1, 0.15) is 5.75 Å². The van der Waals surface area contributed by atoms with Crippen LogP contribution in [0.1, 0.15) is 46.6 Å². The zero-order valence-electron chi connectivity index (χ0n) is 11.1. The van der Waals surface area contributed by atoms with Crippen LogP contribution >= 0.6 is 0 Å². The number of benzene rings is 1. The highest BCUT2D eigenvalue weighted by atomic mass is 16.5. The molecule has 1 atom stereocenters. The van der Waals surface area contributed by atoms with Crippen LogP contribution in [0.2, 0.25) is 0 Å². The molecule has 0 bridgehead atoms. The first-order valence-corrected chi connectivity index (χ1v) is 6.06. The molecule has 0 heterocycles. The molecule has 1 aromatic rings. The van der Waals surface area contributed by atoms with E-state index in [9.17, 15) is 5.11 Å². The molecule has 92 valence electrons. The standard InChI is InChI=1S/C12H18O2.C2H6/c1-4-12(3,13)10-7-6-8-11(9-10)14-5-2;1-2/h6-9,13H,4-5H2,1-3H3;1-2H3. The molecule has 2 heteroatoms. The molecule has 0 fully saturated rings. The van der Waals surface area contributed by atoms with E-state index in [0.29, 0.717) is 13.0 Å². The fourth-order valence-electron chi connectivity index (χ4n) is 1.29. The first-order valence-electron chi connectivity index (χ1n) is 6.06. The van der Waals surface area contributed by atoms with Gasteiger partial charge in [-0.25, -0.2) is 0 Å². The summed E-state index contributed by atoms with van der Waals surface area (Å²) in [6.07, 6.45) is 0.697. The molecule has 0 aromatic heterocycles. The first kappa shape index (κ1) is 15.0. The highest BCUT2D eigenvalue weighted by molar-refractivity contribution is 5.31. The molecule has 1 N–H and O–H groups in total. The second kappa shape index (κ2) is 7.29. The van der Waals surface area contributed by atoms with Gasteiger partial charge >= 0.3 is 0 Å². The maximum atomic E-state index is 10.0. The highest BCUT2D eigenvalue weighted by Gasteiger charge is 2.20. The predicted molar refractivity (Wildman–Crippen MR) is 68.8 cm³/mol. The lowest BCUT2D eigenvalue weighted by Gasteiger charge is -2.22. The lowest BCUT2D eigenvalue weighted by atomic mass is 9.93. The second-order valence-corrected chi connectivity index (χ2v) is 3.59. The Morgan fingerprint density at radius 3 is 2.38 bits per heavy atom. The molecule has 16 heavy (non-hydrogen) atoms. The maximum Gasteiger partial charge on any atom is 0.119 e. The largest absolute Gasteiger partial charge is 0.494 e. The molecule has 0 saturated heterocycles. The van der Waals surface area contributed by atoms with Gasteiger partial charge in [0.2, 0.25) is 0 Å². The summed E-state index contributed by atoms with van der Waals surface area (Å²) in [6.45, 7) is 10.4. The van der Waals surface area contributed by atoms with Crippen LogP contribution < -0.4 is 4.74 Å². The molecule has 0 aliphatic heterocycles. The molecule has 0 amide bonds. The van der Waals surface area contributed by atoms with Crippen LogP contribution in [0.5, 0.6) is 5.75 Å². The molecule has 0 aliphatic rings. The second-order valence-electron chi connectivity index (χ2n) is 3.59. The van der Waals surface area contributed by atoms with Crippen molar-refractivity contribution in [2.45, 2.75) is 46.6 Å². The number of rotatable bonds is 4. The van der Waals surface area contributed by atoms with Gasteiger partial charge < -0.3 is 9.84 Å². The molecule has 0 radical (unpaired) electrons. The highest BCUT2D eigenvalue weighted by Crippen LogP contribution is 2.26. The van der Waals surface area contributed by atoms with Crippen molar-refractivity contribution in [2.75, 3.05) is 6.61 Å². The van der Waals surface area contributed by atoms with Crippen molar-refractivity contribution in [3.8, 4) is 5.75 Å². The van der Waals surface area contributed by atoms with E-state index in [4.69, 9.17) is 4.74 Å². The van der Waals surface area contributed by atoms with Crippen LogP contribution in [0, 0.1) is 0 Å². The Morgan fingerprint density at radius 2 is 1.88 bits per heavy atom. The Morgan fingerprint density at radius 1 is 1.25 bits per heavy atom. The molecule has 0 aliphatic carbocycles. The molecule has 2 nitrogen and oxygen atoms in total. The van der Waals surface area contributed by atoms with E-state index in [2.05, 4.69) is 0 Å². The van der Waals surface area contributed by atoms with Gasteiger partial charge in [-0.15, -0.1) is 0 Å². The van der Waals surface area contributed by atoms with Gasteiger partial charge in [0, 0.05) is 0 Å². The van der Waals surface area contributed by atoms with Gasteiger partial charge in [-0.05, 0) is 38.0 Å². The molecule has 1 rings (SSSR count). The minimum Gasteiger partial charge on any atom is -0.494 e. The molecule has 0 spiro atoms. The summed E-state index contributed by atoms with van der Waals surface area (Å²) in [6, 6.07) is 7.63. The fraction of sp³-hybridized carbons (Fsp3) is 0.571. The smallest absolute Gasteiger partial charge is 0.119 e. The fourth-order valence-corrected chi connectivity index (χ4v) is 1.29. The van der Waals surface area contributed by atoms with Crippen molar-refractivity contribution in [3.63, 3.8) is 0 Å². The van der Waals surface area contributed by atoms with Crippen LogP contribution in [0.4, 0.5) is 0 Å². The number of aliphatic hydroxyl groups is 1. The number of hydrogen-bond donors (Lipinski definition) is 1. The lowest BCUT2D eigenvalue weighted by Crippen LogP contribution is -2.19. The Hall–Kier alpha value is -1.02. The van der Waals surface area contributed by atoms with Gasteiger partial charge in [-0.2, -0.15) is 0 Å². The van der Waals surface area contributed by atoms with Crippen LogP contribution in [-0.2, 0) is 5.60 Å². The van der Waals surface area contributed by atoms with E-state index in [1.165, 1.54) is 0 Å². The average molecular weight is 224 g/mol. The van der Waals surface area contributed by atoms with Gasteiger partial charge in [-0.1, -0.05) is 32.9 Å². The predicted octanol–water partition coefficient (Wildman–Crippen LogP) is 3.73. The zero-order valence-corrected chi connectivity index (χ0v) is 11.1. The van der Waals surface area contributed by atoms with Crippen molar-refractivity contribution in [1.29, 1.82) is 0 Å². The van der Waals surface area contributed by atoms with E-state index >= 15 is 0 Å². The van der Waals surface area contributed by atoms with Gasteiger partial charge in [0.25, 0.3) is 0 Å². The molecular weight excluding hydrogens is 200 g/mol. The SMILES string of the molecule is CC.CCOc1cccc(C(C)(O)CC)c1. The lowest BCUT2D eigenvalue weighted by molar-refractivity contribution is 0.0528. The Labute approximate surface area is 99.3 Å². The van der Waals surface area contributed by atoms with Crippen molar-refractivity contribution in [3.05, 3.63) is 29.8 Å². The quantitative estimate of drug-likeness (QED) is 0.844. The average Bonchev–Trinajstić information content (AvgIpc) is 2.32. The van der Waals surface area contributed by atoms with E-state index < -0.39 is 5.60 Å². The molecule has 0 saturated carbocycles. The van der Waals surface area contributed by atoms with Crippen LogP contribution in [0.15, 0.2) is 24.3 Å². The summed E-state index contributed by atoms with van der Waals surface area (Å²) in [7, 11) is 0. The normalized spacial score (nSPS) is 13.4. The van der Waals surface area contributed by atoms with E-state index in [1.807, 2.05) is 58.9 Å². The third-order valence-corrected chi connectivity index (χ3v) is 2.46. The van der Waals surface area contributed by atoms with E-state index in [-0.39, 0.29) is 0 Å².